The minimum atomic E-state index is -0.00578. The summed E-state index contributed by atoms with van der Waals surface area (Å²) in [6, 6.07) is -0.00578. The van der Waals surface area contributed by atoms with E-state index in [1.807, 2.05) is 6.33 Å². The van der Waals surface area contributed by atoms with Gasteiger partial charge in [-0.25, -0.2) is 9.36 Å². The summed E-state index contributed by atoms with van der Waals surface area (Å²) in [6.07, 6.45) is 4.87. The molecular weight excluding hydrogens is 258 g/mol. The summed E-state index contributed by atoms with van der Waals surface area (Å²) >= 11 is 0. The third-order valence-corrected chi connectivity index (χ3v) is 2.34. The second-order valence-electron chi connectivity index (χ2n) is 4.18. The lowest BCUT2D eigenvalue weighted by Gasteiger charge is -2.07. The van der Waals surface area contributed by atoms with E-state index >= 15 is 0 Å². The Morgan fingerprint density at radius 2 is 2.33 bits per heavy atom. The van der Waals surface area contributed by atoms with Crippen molar-refractivity contribution in [2.24, 2.45) is 5.92 Å². The molecule has 5 heteroatoms. The number of imidazole rings is 1. The van der Waals surface area contributed by atoms with Crippen LogP contribution in [0.1, 0.15) is 19.5 Å². The van der Waals surface area contributed by atoms with Crippen LogP contribution in [0, 0.1) is 5.92 Å². The summed E-state index contributed by atoms with van der Waals surface area (Å²) in [4.78, 5) is 11.4. The number of nitrogens with zero attached hydrogens (tertiary/aromatic N) is 2. The highest BCUT2D eigenvalue weighted by Gasteiger charge is 2.24. The van der Waals surface area contributed by atoms with Crippen LogP contribution >= 0.6 is 0 Å². The third-order valence-electron chi connectivity index (χ3n) is 2.34. The summed E-state index contributed by atoms with van der Waals surface area (Å²) in [6.45, 7) is 6.06. The number of fused-ring (bicyclic) bond motifs is 1. The van der Waals surface area contributed by atoms with Gasteiger partial charge in [0, 0.05) is 13.0 Å². The Hall–Kier alpha value is -0.840. The van der Waals surface area contributed by atoms with E-state index in [1.54, 1.807) is 4.57 Å². The van der Waals surface area contributed by atoms with Crippen LogP contribution in [-0.2, 0) is 13.0 Å². The summed E-state index contributed by atoms with van der Waals surface area (Å²) in [7, 11) is 0. The number of rotatable bonds is 2. The van der Waals surface area contributed by atoms with Crippen molar-refractivity contribution < 1.29 is 26.3 Å². The molecule has 1 aliphatic heterocycles. The number of hydrogen-bond donors (Lipinski definition) is 1. The van der Waals surface area contributed by atoms with Gasteiger partial charge in [0.1, 0.15) is 6.20 Å². The average Bonchev–Trinajstić information content (AvgIpc) is 2.47. The number of carbonyl (C=O) groups is 1. The highest BCUT2D eigenvalue weighted by atomic mass is 79.9. The highest BCUT2D eigenvalue weighted by molar-refractivity contribution is 5.77. The molecule has 0 radical (unpaired) electrons. The first kappa shape index (κ1) is 12.2. The summed E-state index contributed by atoms with van der Waals surface area (Å²) in [5, 5.41) is 2.82. The molecule has 4 nitrogen and oxygen atoms in total. The van der Waals surface area contributed by atoms with Crippen LogP contribution in [0.15, 0.2) is 12.5 Å². The van der Waals surface area contributed by atoms with Crippen molar-refractivity contribution in [1.29, 1.82) is 0 Å². The first-order valence-electron chi connectivity index (χ1n) is 5.05. The van der Waals surface area contributed by atoms with E-state index in [9.17, 15) is 4.79 Å². The monoisotopic (exact) mass is 273 g/mol. The van der Waals surface area contributed by atoms with Crippen LogP contribution in [0.3, 0.4) is 0 Å². The quantitative estimate of drug-likeness (QED) is 0.597. The van der Waals surface area contributed by atoms with Crippen molar-refractivity contribution in [1.82, 2.24) is 9.88 Å². The van der Waals surface area contributed by atoms with Crippen molar-refractivity contribution in [3.63, 3.8) is 0 Å². The Bertz CT molecular complexity index is 360. The minimum absolute atomic E-state index is 0. The highest BCUT2D eigenvalue weighted by Crippen LogP contribution is 2.03. The molecule has 0 bridgehead atoms. The molecule has 15 heavy (non-hydrogen) atoms. The number of hydrogen-bond acceptors (Lipinski definition) is 1. The van der Waals surface area contributed by atoms with Crippen molar-refractivity contribution in [2.75, 3.05) is 6.54 Å². The first-order valence-corrected chi connectivity index (χ1v) is 5.05. The van der Waals surface area contributed by atoms with Gasteiger partial charge in [0.05, 0.1) is 6.54 Å². The molecule has 0 atom stereocenters. The molecule has 0 spiro atoms. The van der Waals surface area contributed by atoms with Gasteiger partial charge in [-0.1, -0.05) is 13.8 Å². The van der Waals surface area contributed by atoms with Crippen LogP contribution in [0.5, 0.6) is 0 Å². The molecule has 1 N–H and O–H groups in total. The SMILES string of the molecule is CC(C)C[n+]1cc2n(c1)C(=O)NCC2.[Br-]. The zero-order chi connectivity index (χ0) is 10.1. The van der Waals surface area contributed by atoms with E-state index in [0.29, 0.717) is 5.92 Å². The molecule has 1 aromatic heterocycles. The Kier molecular flexibility index (Phi) is 3.90. The molecule has 2 heterocycles. The zero-order valence-electron chi connectivity index (χ0n) is 9.03. The van der Waals surface area contributed by atoms with E-state index in [1.165, 1.54) is 0 Å². The molecule has 0 saturated carbocycles. The zero-order valence-corrected chi connectivity index (χ0v) is 10.6. The van der Waals surface area contributed by atoms with E-state index in [4.69, 9.17) is 0 Å². The molecule has 0 aliphatic carbocycles. The van der Waals surface area contributed by atoms with Crippen LogP contribution < -0.4 is 26.9 Å². The largest absolute Gasteiger partial charge is 1.00 e. The van der Waals surface area contributed by atoms with Crippen molar-refractivity contribution in [3.8, 4) is 0 Å². The fourth-order valence-electron chi connectivity index (χ4n) is 1.78. The Morgan fingerprint density at radius 3 is 2.93 bits per heavy atom. The lowest BCUT2D eigenvalue weighted by Crippen LogP contribution is -3.00. The van der Waals surface area contributed by atoms with E-state index in [-0.39, 0.29) is 23.0 Å². The van der Waals surface area contributed by atoms with Gasteiger partial charge in [0.25, 0.3) is 6.33 Å². The molecule has 1 amide bonds. The fraction of sp³-hybridized carbons (Fsp3) is 0.600. The topological polar surface area (TPSA) is 37.9 Å². The predicted octanol–water partition coefficient (Wildman–Crippen LogP) is -2.45. The van der Waals surface area contributed by atoms with Gasteiger partial charge < -0.3 is 22.3 Å². The molecule has 2 rings (SSSR count). The van der Waals surface area contributed by atoms with Crippen LogP contribution in [-0.4, -0.2) is 17.1 Å². The van der Waals surface area contributed by atoms with Crippen LogP contribution in [0.25, 0.3) is 0 Å². The molecule has 84 valence electrons. The van der Waals surface area contributed by atoms with Gasteiger partial charge >= 0.3 is 6.03 Å². The lowest BCUT2D eigenvalue weighted by atomic mass is 10.2. The van der Waals surface area contributed by atoms with Gasteiger partial charge in [-0.3, -0.25) is 0 Å². The number of nitrogens with one attached hydrogen (secondary N) is 1. The van der Waals surface area contributed by atoms with Crippen molar-refractivity contribution in [3.05, 3.63) is 18.2 Å². The maximum Gasteiger partial charge on any atom is 0.413 e. The molecule has 1 aromatic rings. The smallest absolute Gasteiger partial charge is 0.413 e. The van der Waals surface area contributed by atoms with Gasteiger partial charge in [-0.05, 0) is 5.92 Å². The van der Waals surface area contributed by atoms with Crippen molar-refractivity contribution in [2.45, 2.75) is 26.8 Å². The predicted molar refractivity (Wildman–Crippen MR) is 52.0 cm³/mol. The maximum atomic E-state index is 11.4. The van der Waals surface area contributed by atoms with Gasteiger partial charge in [0.2, 0.25) is 0 Å². The normalized spacial score (nSPS) is 14.5. The number of carbonyl (C=O) groups excluding carboxylic acids is 1. The molecular formula is C10H16BrN3O. The number of halogens is 1. The molecule has 1 aliphatic rings. The average molecular weight is 274 g/mol. The molecule has 0 saturated heterocycles. The molecule has 0 unspecified atom stereocenters. The molecule has 0 fully saturated rings. The first-order chi connectivity index (χ1) is 6.66. The Balaban J connectivity index is 0.00000112. The van der Waals surface area contributed by atoms with E-state index < -0.39 is 0 Å². The van der Waals surface area contributed by atoms with E-state index in [0.717, 1.165) is 25.2 Å². The number of aromatic nitrogens is 2. The Labute approximate surface area is 100 Å². The minimum Gasteiger partial charge on any atom is -1.00 e. The van der Waals surface area contributed by atoms with Gasteiger partial charge in [-0.2, -0.15) is 0 Å². The summed E-state index contributed by atoms with van der Waals surface area (Å²) in [5.41, 5.74) is 1.11. The maximum absolute atomic E-state index is 11.4. The number of amides is 1. The third kappa shape index (κ3) is 2.59. The van der Waals surface area contributed by atoms with Crippen LogP contribution in [0.4, 0.5) is 4.79 Å². The Morgan fingerprint density at radius 1 is 1.60 bits per heavy atom. The van der Waals surface area contributed by atoms with Crippen molar-refractivity contribution >= 4 is 6.03 Å². The van der Waals surface area contributed by atoms with Gasteiger partial charge in [-0.15, -0.1) is 4.57 Å². The second kappa shape index (κ2) is 4.79. The van der Waals surface area contributed by atoms with E-state index in [2.05, 4.69) is 29.9 Å². The van der Waals surface area contributed by atoms with Crippen LogP contribution in [0.2, 0.25) is 0 Å². The van der Waals surface area contributed by atoms with Gasteiger partial charge in [0.15, 0.2) is 5.69 Å². The second-order valence-corrected chi connectivity index (χ2v) is 4.18. The lowest BCUT2D eigenvalue weighted by molar-refractivity contribution is -0.701. The standard InChI is InChI=1S/C10H15N3O.BrH/c1-8(2)5-12-6-9-3-4-11-10(14)13(9)7-12;/h6-8H,3-5H2,1-2H3;1H. The molecule has 0 aromatic carbocycles. The summed E-state index contributed by atoms with van der Waals surface area (Å²) in [5.74, 6) is 0.604. The fourth-order valence-corrected chi connectivity index (χ4v) is 1.78. The summed E-state index contributed by atoms with van der Waals surface area (Å²) < 4.78 is 3.79.